The molecule has 4 N–H and O–H groups in total. The van der Waals surface area contributed by atoms with Gasteiger partial charge < -0.3 is 20.6 Å². The minimum Gasteiger partial charge on any atom is -0.394 e. The van der Waals surface area contributed by atoms with Gasteiger partial charge >= 0.3 is 0 Å². The molecule has 0 aromatic carbocycles. The van der Waals surface area contributed by atoms with Gasteiger partial charge in [-0.15, -0.1) is 0 Å². The first-order chi connectivity index (χ1) is 20.1. The predicted octanol–water partition coefficient (Wildman–Crippen LogP) is 9.09. The van der Waals surface area contributed by atoms with Crippen molar-refractivity contribution in [2.24, 2.45) is 0 Å². The normalized spacial score (nSPS) is 14.2. The summed E-state index contributed by atoms with van der Waals surface area (Å²) in [6.07, 6.45) is 35.5. The summed E-state index contributed by atoms with van der Waals surface area (Å²) >= 11 is 0. The maximum Gasteiger partial charge on any atom is 0.220 e. The predicted molar refractivity (Wildman–Crippen MR) is 176 cm³/mol. The summed E-state index contributed by atoms with van der Waals surface area (Å²) in [5, 5.41) is 33.2. The number of carbonyl (C=O) groups is 1. The van der Waals surface area contributed by atoms with Crippen LogP contribution in [-0.4, -0.2) is 46.1 Å². The van der Waals surface area contributed by atoms with Gasteiger partial charge in [-0.3, -0.25) is 4.79 Å². The van der Waals surface area contributed by atoms with Gasteiger partial charge in [-0.1, -0.05) is 141 Å². The van der Waals surface area contributed by atoms with E-state index in [1.54, 1.807) is 0 Å². The molecule has 0 saturated carbocycles. The van der Waals surface area contributed by atoms with Crippen LogP contribution in [0.3, 0.4) is 0 Å². The lowest BCUT2D eigenvalue weighted by molar-refractivity contribution is -0.124. The number of nitrogens with one attached hydrogen (secondary N) is 1. The first-order valence-corrected chi connectivity index (χ1v) is 17.6. The molecule has 3 atom stereocenters. The molecule has 0 heterocycles. The number of amides is 1. The van der Waals surface area contributed by atoms with Gasteiger partial charge in [-0.05, 0) is 51.4 Å². The van der Waals surface area contributed by atoms with Gasteiger partial charge in [-0.2, -0.15) is 0 Å². The highest BCUT2D eigenvalue weighted by Gasteiger charge is 2.26. The summed E-state index contributed by atoms with van der Waals surface area (Å²) in [5.41, 5.74) is 0. The topological polar surface area (TPSA) is 89.8 Å². The fraction of sp³-hybridized carbons (Fsp3) is 0.861. The van der Waals surface area contributed by atoms with Gasteiger partial charge in [0.05, 0.1) is 18.8 Å². The van der Waals surface area contributed by atoms with E-state index in [1.807, 2.05) is 0 Å². The highest BCUT2D eigenvalue weighted by Crippen LogP contribution is 2.13. The van der Waals surface area contributed by atoms with Crippen LogP contribution in [0.1, 0.15) is 174 Å². The van der Waals surface area contributed by atoms with E-state index in [1.165, 1.54) is 103 Å². The van der Waals surface area contributed by atoms with E-state index >= 15 is 0 Å². The minimum atomic E-state index is -1.16. The second-order valence-electron chi connectivity index (χ2n) is 12.1. The van der Waals surface area contributed by atoms with Crippen LogP contribution in [0.2, 0.25) is 0 Å². The van der Waals surface area contributed by atoms with Crippen molar-refractivity contribution >= 4 is 5.91 Å². The molecule has 0 fully saturated rings. The maximum atomic E-state index is 12.3. The Hall–Kier alpha value is -1.17. The molecule has 0 aliphatic rings. The molecule has 1 amide bonds. The van der Waals surface area contributed by atoms with Crippen LogP contribution in [0.4, 0.5) is 0 Å². The first kappa shape index (κ1) is 39.8. The molecule has 41 heavy (non-hydrogen) atoms. The Morgan fingerprint density at radius 2 is 1.00 bits per heavy atom. The summed E-state index contributed by atoms with van der Waals surface area (Å²) in [7, 11) is 0. The van der Waals surface area contributed by atoms with E-state index in [2.05, 4.69) is 43.5 Å². The zero-order chi connectivity index (χ0) is 30.2. The Kier molecular flexibility index (Phi) is 30.9. The second kappa shape index (κ2) is 31.8. The molecule has 3 unspecified atom stereocenters. The summed E-state index contributed by atoms with van der Waals surface area (Å²) < 4.78 is 0. The molecular weight excluding hydrogens is 510 g/mol. The molecule has 0 aliphatic carbocycles. The number of carbonyl (C=O) groups excluding carboxylic acids is 1. The van der Waals surface area contributed by atoms with Crippen molar-refractivity contribution in [2.75, 3.05) is 6.61 Å². The number of hydrogen-bond acceptors (Lipinski definition) is 4. The molecule has 0 saturated heterocycles. The van der Waals surface area contributed by atoms with Crippen molar-refractivity contribution in [2.45, 2.75) is 193 Å². The van der Waals surface area contributed by atoms with Gasteiger partial charge in [-0.25, -0.2) is 0 Å². The van der Waals surface area contributed by atoms with E-state index in [4.69, 9.17) is 0 Å². The van der Waals surface area contributed by atoms with Crippen molar-refractivity contribution in [3.8, 4) is 0 Å². The zero-order valence-corrected chi connectivity index (χ0v) is 27.2. The van der Waals surface area contributed by atoms with E-state index in [-0.39, 0.29) is 12.5 Å². The number of unbranched alkanes of at least 4 members (excludes halogenated alkanes) is 19. The number of aliphatic hydroxyl groups excluding tert-OH is 3. The monoisotopic (exact) mass is 580 g/mol. The number of allylic oxidation sites excluding steroid dienone is 4. The SMILES string of the molecule is CCCCCCCCC/C=C/CC/C=C/CCCC(O)C(O)C(CO)NC(=O)CCCCCCCCCCCCC. The van der Waals surface area contributed by atoms with Crippen molar-refractivity contribution in [1.29, 1.82) is 0 Å². The Bertz CT molecular complexity index is 606. The van der Waals surface area contributed by atoms with Gasteiger partial charge in [0.2, 0.25) is 5.91 Å². The molecule has 242 valence electrons. The molecule has 0 radical (unpaired) electrons. The number of hydrogen-bond donors (Lipinski definition) is 4. The van der Waals surface area contributed by atoms with Crippen LogP contribution in [-0.2, 0) is 4.79 Å². The summed E-state index contributed by atoms with van der Waals surface area (Å²) in [4.78, 5) is 12.3. The lowest BCUT2D eigenvalue weighted by atomic mass is 10.0. The van der Waals surface area contributed by atoms with Crippen molar-refractivity contribution in [1.82, 2.24) is 5.32 Å². The van der Waals surface area contributed by atoms with E-state index in [0.29, 0.717) is 12.8 Å². The zero-order valence-electron chi connectivity index (χ0n) is 27.2. The third-order valence-corrected chi connectivity index (χ3v) is 8.04. The smallest absolute Gasteiger partial charge is 0.220 e. The van der Waals surface area contributed by atoms with Crippen LogP contribution in [0.5, 0.6) is 0 Å². The molecule has 0 aliphatic heterocycles. The molecule has 0 aromatic heterocycles. The van der Waals surface area contributed by atoms with Gasteiger partial charge in [0.25, 0.3) is 0 Å². The highest BCUT2D eigenvalue weighted by molar-refractivity contribution is 5.76. The van der Waals surface area contributed by atoms with Crippen LogP contribution in [0.15, 0.2) is 24.3 Å². The van der Waals surface area contributed by atoms with Crippen LogP contribution in [0.25, 0.3) is 0 Å². The van der Waals surface area contributed by atoms with Crippen molar-refractivity contribution < 1.29 is 20.1 Å². The largest absolute Gasteiger partial charge is 0.394 e. The Morgan fingerprint density at radius 1 is 0.585 bits per heavy atom. The maximum absolute atomic E-state index is 12.3. The Morgan fingerprint density at radius 3 is 1.49 bits per heavy atom. The summed E-state index contributed by atoms with van der Waals surface area (Å²) in [5.74, 6) is -0.161. The van der Waals surface area contributed by atoms with Crippen LogP contribution >= 0.6 is 0 Å². The van der Waals surface area contributed by atoms with Crippen LogP contribution < -0.4 is 5.32 Å². The van der Waals surface area contributed by atoms with E-state index < -0.39 is 18.2 Å². The van der Waals surface area contributed by atoms with E-state index in [0.717, 1.165) is 44.9 Å². The van der Waals surface area contributed by atoms with Gasteiger partial charge in [0, 0.05) is 6.42 Å². The van der Waals surface area contributed by atoms with Gasteiger partial charge in [0.15, 0.2) is 0 Å². The second-order valence-corrected chi connectivity index (χ2v) is 12.1. The molecular formula is C36H69NO4. The molecule has 5 heteroatoms. The van der Waals surface area contributed by atoms with Crippen LogP contribution in [0, 0.1) is 0 Å². The average Bonchev–Trinajstić information content (AvgIpc) is 2.97. The standard InChI is InChI=1S/C36H69NO4/c1-3-5-7-9-11-13-15-16-17-18-19-21-22-24-26-28-30-34(39)36(41)33(32-38)37-35(40)31-29-27-25-23-20-14-12-10-8-6-4-2/h17-18,22,24,33-34,36,38-39,41H,3-16,19-21,23,25-32H2,1-2H3,(H,37,40)/b18-17+,24-22+. The summed E-state index contributed by atoms with van der Waals surface area (Å²) in [6.45, 7) is 4.12. The fourth-order valence-electron chi connectivity index (χ4n) is 5.23. The molecule has 0 rings (SSSR count). The quantitative estimate of drug-likeness (QED) is 0.0487. The molecule has 5 nitrogen and oxygen atoms in total. The Labute approximate surface area is 254 Å². The number of rotatable bonds is 31. The minimum absolute atomic E-state index is 0.161. The third-order valence-electron chi connectivity index (χ3n) is 8.04. The molecule has 0 aromatic rings. The van der Waals surface area contributed by atoms with Crippen molar-refractivity contribution in [3.05, 3.63) is 24.3 Å². The lowest BCUT2D eigenvalue weighted by Crippen LogP contribution is -2.50. The average molecular weight is 580 g/mol. The van der Waals surface area contributed by atoms with Crippen molar-refractivity contribution in [3.63, 3.8) is 0 Å². The highest BCUT2D eigenvalue weighted by atomic mass is 16.3. The van der Waals surface area contributed by atoms with Gasteiger partial charge in [0.1, 0.15) is 6.10 Å². The number of aliphatic hydroxyl groups is 3. The molecule has 0 spiro atoms. The fourth-order valence-corrected chi connectivity index (χ4v) is 5.23. The first-order valence-electron chi connectivity index (χ1n) is 17.6. The third kappa shape index (κ3) is 27.4. The summed E-state index contributed by atoms with van der Waals surface area (Å²) in [6, 6.07) is -0.825. The molecule has 0 bridgehead atoms. The van der Waals surface area contributed by atoms with E-state index in [9.17, 15) is 20.1 Å². The Balaban J connectivity index is 3.79. The lowest BCUT2D eigenvalue weighted by Gasteiger charge is -2.26.